The standard InChI is InChI=1S/C14H25N3S/c1-3-12-13(10-15)18-14(16-12)7-9-17-8-5-4-6-11(17)2/h11H,3-10,15H2,1-2H3. The molecule has 2 N–H and O–H groups in total. The average Bonchev–Trinajstić information content (AvgIpc) is 2.80. The molecule has 0 aromatic carbocycles. The Morgan fingerprint density at radius 1 is 1.44 bits per heavy atom. The molecule has 1 atom stereocenters. The number of nitrogens with two attached hydrogens (primary N) is 1. The molecule has 0 aliphatic carbocycles. The number of nitrogens with zero attached hydrogens (tertiary/aromatic N) is 2. The lowest BCUT2D eigenvalue weighted by molar-refractivity contribution is 0.163. The molecule has 0 saturated carbocycles. The number of hydrogen-bond donors (Lipinski definition) is 1. The Labute approximate surface area is 114 Å². The maximum absolute atomic E-state index is 5.76. The van der Waals surface area contributed by atoms with Gasteiger partial charge in [0, 0.05) is 30.4 Å². The number of aromatic nitrogens is 1. The van der Waals surface area contributed by atoms with Crippen LogP contribution in [0.4, 0.5) is 0 Å². The summed E-state index contributed by atoms with van der Waals surface area (Å²) in [6.07, 6.45) is 6.19. The third-order valence-corrected chi connectivity index (χ3v) is 5.08. The van der Waals surface area contributed by atoms with Crippen LogP contribution in [-0.4, -0.2) is 29.0 Å². The van der Waals surface area contributed by atoms with Gasteiger partial charge in [0.1, 0.15) is 0 Å². The molecule has 1 saturated heterocycles. The fourth-order valence-corrected chi connectivity index (χ4v) is 3.73. The second-order valence-corrected chi connectivity index (χ2v) is 6.33. The monoisotopic (exact) mass is 267 g/mol. The Balaban J connectivity index is 1.91. The average molecular weight is 267 g/mol. The van der Waals surface area contributed by atoms with Crippen molar-refractivity contribution in [3.05, 3.63) is 15.6 Å². The molecule has 2 heterocycles. The molecule has 1 fully saturated rings. The second kappa shape index (κ2) is 6.64. The van der Waals surface area contributed by atoms with Gasteiger partial charge in [0.2, 0.25) is 0 Å². The van der Waals surface area contributed by atoms with Crippen LogP contribution >= 0.6 is 11.3 Å². The van der Waals surface area contributed by atoms with E-state index in [-0.39, 0.29) is 0 Å². The van der Waals surface area contributed by atoms with Gasteiger partial charge < -0.3 is 10.6 Å². The van der Waals surface area contributed by atoms with Crippen LogP contribution in [0.2, 0.25) is 0 Å². The SMILES string of the molecule is CCc1nc(CCN2CCCCC2C)sc1CN. The molecule has 0 amide bonds. The molecule has 0 spiro atoms. The lowest BCUT2D eigenvalue weighted by atomic mass is 10.0. The largest absolute Gasteiger partial charge is 0.326 e. The van der Waals surface area contributed by atoms with Crippen molar-refractivity contribution in [2.45, 2.75) is 58.5 Å². The van der Waals surface area contributed by atoms with E-state index in [1.165, 1.54) is 41.4 Å². The van der Waals surface area contributed by atoms with Crippen molar-refractivity contribution in [3.8, 4) is 0 Å². The molecule has 1 aliphatic heterocycles. The van der Waals surface area contributed by atoms with E-state index >= 15 is 0 Å². The predicted octanol–water partition coefficient (Wildman–Crippen LogP) is 2.58. The van der Waals surface area contributed by atoms with Crippen LogP contribution in [0.3, 0.4) is 0 Å². The minimum atomic E-state index is 0.640. The first kappa shape index (κ1) is 14.0. The maximum atomic E-state index is 5.76. The first-order valence-corrected chi connectivity index (χ1v) is 7.97. The third-order valence-electron chi connectivity index (χ3n) is 3.90. The van der Waals surface area contributed by atoms with Crippen LogP contribution in [0.15, 0.2) is 0 Å². The van der Waals surface area contributed by atoms with Gasteiger partial charge in [-0.1, -0.05) is 13.3 Å². The maximum Gasteiger partial charge on any atom is 0.0944 e. The molecule has 1 aromatic rings. The van der Waals surface area contributed by atoms with Crippen LogP contribution in [0, 0.1) is 0 Å². The van der Waals surface area contributed by atoms with Gasteiger partial charge in [-0.25, -0.2) is 4.98 Å². The zero-order valence-corrected chi connectivity index (χ0v) is 12.4. The van der Waals surface area contributed by atoms with E-state index in [2.05, 4.69) is 18.7 Å². The van der Waals surface area contributed by atoms with Gasteiger partial charge >= 0.3 is 0 Å². The van der Waals surface area contributed by atoms with E-state index in [4.69, 9.17) is 10.7 Å². The van der Waals surface area contributed by atoms with Crippen LogP contribution < -0.4 is 5.73 Å². The van der Waals surface area contributed by atoms with E-state index in [1.807, 2.05) is 11.3 Å². The molecular formula is C14H25N3S. The van der Waals surface area contributed by atoms with Crippen molar-refractivity contribution in [1.29, 1.82) is 0 Å². The van der Waals surface area contributed by atoms with E-state index in [1.54, 1.807) is 0 Å². The second-order valence-electron chi connectivity index (χ2n) is 5.17. The number of piperidine rings is 1. The summed E-state index contributed by atoms with van der Waals surface area (Å²) in [7, 11) is 0. The van der Waals surface area contributed by atoms with Crippen LogP contribution in [0.1, 0.15) is 48.7 Å². The lowest BCUT2D eigenvalue weighted by Gasteiger charge is -2.33. The topological polar surface area (TPSA) is 42.2 Å². The summed E-state index contributed by atoms with van der Waals surface area (Å²) in [5.41, 5.74) is 6.97. The predicted molar refractivity (Wildman–Crippen MR) is 78.0 cm³/mol. The van der Waals surface area contributed by atoms with Gasteiger partial charge in [-0.3, -0.25) is 0 Å². The fourth-order valence-electron chi connectivity index (χ4n) is 2.71. The smallest absolute Gasteiger partial charge is 0.0944 e. The highest BCUT2D eigenvalue weighted by atomic mass is 32.1. The van der Waals surface area contributed by atoms with Gasteiger partial charge in [0.05, 0.1) is 10.7 Å². The zero-order chi connectivity index (χ0) is 13.0. The van der Waals surface area contributed by atoms with Gasteiger partial charge in [-0.15, -0.1) is 11.3 Å². The Bertz CT molecular complexity index is 354. The van der Waals surface area contributed by atoms with Crippen molar-refractivity contribution in [2.24, 2.45) is 5.73 Å². The van der Waals surface area contributed by atoms with Crippen molar-refractivity contribution in [1.82, 2.24) is 9.88 Å². The molecule has 1 aromatic heterocycles. The van der Waals surface area contributed by atoms with Crippen LogP contribution in [0.25, 0.3) is 0 Å². The van der Waals surface area contributed by atoms with Crippen molar-refractivity contribution < 1.29 is 0 Å². The Morgan fingerprint density at radius 2 is 2.28 bits per heavy atom. The highest BCUT2D eigenvalue weighted by Crippen LogP contribution is 2.21. The summed E-state index contributed by atoms with van der Waals surface area (Å²) in [6.45, 7) is 7.56. The molecule has 0 bridgehead atoms. The molecule has 18 heavy (non-hydrogen) atoms. The Morgan fingerprint density at radius 3 is 2.89 bits per heavy atom. The normalized spacial score (nSPS) is 21.4. The molecule has 1 aliphatic rings. The molecule has 2 rings (SSSR count). The Kier molecular flexibility index (Phi) is 5.15. The summed E-state index contributed by atoms with van der Waals surface area (Å²) in [5, 5.41) is 1.27. The molecular weight excluding hydrogens is 242 g/mol. The fraction of sp³-hybridized carbons (Fsp3) is 0.786. The number of hydrogen-bond acceptors (Lipinski definition) is 4. The van der Waals surface area contributed by atoms with Gasteiger partial charge in [-0.2, -0.15) is 0 Å². The summed E-state index contributed by atoms with van der Waals surface area (Å²) in [4.78, 5) is 8.61. The molecule has 102 valence electrons. The van der Waals surface area contributed by atoms with Gasteiger partial charge in [0.25, 0.3) is 0 Å². The number of thiazole rings is 1. The number of aryl methyl sites for hydroxylation is 1. The number of rotatable bonds is 5. The van der Waals surface area contributed by atoms with Crippen molar-refractivity contribution in [2.75, 3.05) is 13.1 Å². The van der Waals surface area contributed by atoms with Gasteiger partial charge in [0.15, 0.2) is 0 Å². The molecule has 3 nitrogen and oxygen atoms in total. The van der Waals surface area contributed by atoms with Crippen LogP contribution in [0.5, 0.6) is 0 Å². The first-order chi connectivity index (χ1) is 8.74. The summed E-state index contributed by atoms with van der Waals surface area (Å²) in [5.74, 6) is 0. The molecule has 1 unspecified atom stereocenters. The quantitative estimate of drug-likeness (QED) is 0.891. The summed E-state index contributed by atoms with van der Waals surface area (Å²) in [6, 6.07) is 0.748. The van der Waals surface area contributed by atoms with E-state index in [9.17, 15) is 0 Å². The zero-order valence-electron chi connectivity index (χ0n) is 11.6. The summed E-state index contributed by atoms with van der Waals surface area (Å²) >= 11 is 1.81. The molecule has 4 heteroatoms. The summed E-state index contributed by atoms with van der Waals surface area (Å²) < 4.78 is 0. The lowest BCUT2D eigenvalue weighted by Crippen LogP contribution is -2.38. The third kappa shape index (κ3) is 3.31. The minimum absolute atomic E-state index is 0.640. The van der Waals surface area contributed by atoms with E-state index < -0.39 is 0 Å². The molecule has 0 radical (unpaired) electrons. The highest BCUT2D eigenvalue weighted by Gasteiger charge is 2.18. The minimum Gasteiger partial charge on any atom is -0.326 e. The Hall–Kier alpha value is -0.450. The van der Waals surface area contributed by atoms with Crippen LogP contribution in [-0.2, 0) is 19.4 Å². The first-order valence-electron chi connectivity index (χ1n) is 7.16. The van der Waals surface area contributed by atoms with Crippen molar-refractivity contribution in [3.63, 3.8) is 0 Å². The van der Waals surface area contributed by atoms with Crippen molar-refractivity contribution >= 4 is 11.3 Å². The highest BCUT2D eigenvalue weighted by molar-refractivity contribution is 7.11. The van der Waals surface area contributed by atoms with E-state index in [0.717, 1.165) is 25.4 Å². The number of likely N-dealkylation sites (tertiary alicyclic amines) is 1. The van der Waals surface area contributed by atoms with E-state index in [0.29, 0.717) is 6.54 Å². The van der Waals surface area contributed by atoms with Gasteiger partial charge in [-0.05, 0) is 32.7 Å².